The Morgan fingerprint density at radius 1 is 0.625 bits per heavy atom. The molecular formula is C32H45N7O. The lowest BCUT2D eigenvalue weighted by molar-refractivity contribution is 0.0950. The highest BCUT2D eigenvalue weighted by Gasteiger charge is 2.19. The van der Waals surface area contributed by atoms with Crippen LogP contribution in [0, 0.1) is 34.6 Å². The van der Waals surface area contributed by atoms with Gasteiger partial charge in [0.2, 0.25) is 0 Å². The second kappa shape index (κ2) is 13.9. The first kappa shape index (κ1) is 29.8. The number of aryl methyl sites for hydroxylation is 5. The zero-order valence-electron chi connectivity index (χ0n) is 25.1. The summed E-state index contributed by atoms with van der Waals surface area (Å²) in [5.74, 6) is -0.115. The summed E-state index contributed by atoms with van der Waals surface area (Å²) in [6.07, 6.45) is 0. The van der Waals surface area contributed by atoms with Crippen LogP contribution in [0.1, 0.15) is 62.6 Å². The molecule has 1 aliphatic rings. The van der Waals surface area contributed by atoms with Crippen LogP contribution in [0.3, 0.4) is 0 Å². The number of pyridine rings is 3. The minimum Gasteiger partial charge on any atom is -0.351 e. The SMILES string of the molecule is CCNC(=O)c1cc(C)cc(CN2CCN(Cc3cc(C)cc(C)n3)CCN(Cc3cc(C)cc(C)n3)CC2)n1. The van der Waals surface area contributed by atoms with Crippen LogP contribution in [0.15, 0.2) is 36.4 Å². The molecule has 1 fully saturated rings. The Bertz CT molecular complexity index is 1200. The molecule has 0 bridgehead atoms. The highest BCUT2D eigenvalue weighted by molar-refractivity contribution is 5.92. The summed E-state index contributed by atoms with van der Waals surface area (Å²) < 4.78 is 0. The molecule has 4 rings (SSSR count). The third-order valence-electron chi connectivity index (χ3n) is 7.25. The zero-order chi connectivity index (χ0) is 28.6. The molecule has 0 saturated carbocycles. The first-order valence-electron chi connectivity index (χ1n) is 14.5. The summed E-state index contributed by atoms with van der Waals surface area (Å²) in [4.78, 5) is 34.4. The van der Waals surface area contributed by atoms with Gasteiger partial charge in [-0.2, -0.15) is 0 Å². The summed E-state index contributed by atoms with van der Waals surface area (Å²) in [7, 11) is 0. The van der Waals surface area contributed by atoms with Gasteiger partial charge >= 0.3 is 0 Å². The fourth-order valence-corrected chi connectivity index (χ4v) is 5.55. The Balaban J connectivity index is 1.54. The van der Waals surface area contributed by atoms with E-state index in [0.717, 1.165) is 86.4 Å². The first-order valence-corrected chi connectivity index (χ1v) is 14.5. The van der Waals surface area contributed by atoms with Gasteiger partial charge in [0.25, 0.3) is 5.91 Å². The van der Waals surface area contributed by atoms with Crippen molar-refractivity contribution < 1.29 is 4.79 Å². The summed E-state index contributed by atoms with van der Waals surface area (Å²) in [5.41, 5.74) is 9.37. The summed E-state index contributed by atoms with van der Waals surface area (Å²) >= 11 is 0. The normalized spacial score (nSPS) is 15.8. The van der Waals surface area contributed by atoms with Gasteiger partial charge in [-0.15, -0.1) is 0 Å². The van der Waals surface area contributed by atoms with Crippen LogP contribution in [0.5, 0.6) is 0 Å². The van der Waals surface area contributed by atoms with Gasteiger partial charge < -0.3 is 5.32 Å². The predicted molar refractivity (Wildman–Crippen MR) is 160 cm³/mol. The van der Waals surface area contributed by atoms with Crippen LogP contribution in [0.4, 0.5) is 0 Å². The average molecular weight is 544 g/mol. The van der Waals surface area contributed by atoms with Gasteiger partial charge in [0.05, 0.1) is 17.1 Å². The molecule has 1 amide bonds. The topological polar surface area (TPSA) is 77.5 Å². The van der Waals surface area contributed by atoms with E-state index in [2.05, 4.69) is 78.0 Å². The summed E-state index contributed by atoms with van der Waals surface area (Å²) in [6.45, 7) is 21.0. The van der Waals surface area contributed by atoms with Crippen molar-refractivity contribution in [3.8, 4) is 0 Å². The zero-order valence-corrected chi connectivity index (χ0v) is 25.1. The molecule has 1 N–H and O–H groups in total. The van der Waals surface area contributed by atoms with Crippen molar-refractivity contribution in [2.75, 3.05) is 45.8 Å². The van der Waals surface area contributed by atoms with Crippen LogP contribution >= 0.6 is 0 Å². The molecule has 0 radical (unpaired) electrons. The van der Waals surface area contributed by atoms with E-state index >= 15 is 0 Å². The minimum absolute atomic E-state index is 0.115. The molecule has 8 heteroatoms. The van der Waals surface area contributed by atoms with Crippen molar-refractivity contribution in [3.05, 3.63) is 87.3 Å². The molecule has 0 aliphatic carbocycles. The van der Waals surface area contributed by atoms with Gasteiger partial charge in [-0.3, -0.25) is 29.5 Å². The number of aromatic nitrogens is 3. The fourth-order valence-electron chi connectivity index (χ4n) is 5.55. The highest BCUT2D eigenvalue weighted by Crippen LogP contribution is 2.14. The maximum atomic E-state index is 12.5. The summed E-state index contributed by atoms with van der Waals surface area (Å²) in [5, 5.41) is 2.88. The maximum absolute atomic E-state index is 12.5. The minimum atomic E-state index is -0.115. The summed E-state index contributed by atoms with van der Waals surface area (Å²) in [6, 6.07) is 12.6. The lowest BCUT2D eigenvalue weighted by atomic mass is 10.2. The maximum Gasteiger partial charge on any atom is 0.269 e. The lowest BCUT2D eigenvalue weighted by Crippen LogP contribution is -2.36. The van der Waals surface area contributed by atoms with E-state index in [4.69, 9.17) is 15.0 Å². The second-order valence-corrected chi connectivity index (χ2v) is 11.3. The Morgan fingerprint density at radius 3 is 1.38 bits per heavy atom. The first-order chi connectivity index (χ1) is 19.2. The predicted octanol–water partition coefficient (Wildman–Crippen LogP) is 3.98. The monoisotopic (exact) mass is 543 g/mol. The third kappa shape index (κ3) is 8.91. The molecule has 0 atom stereocenters. The number of nitrogens with zero attached hydrogens (tertiary/aromatic N) is 6. The Morgan fingerprint density at radius 2 is 1.00 bits per heavy atom. The molecule has 1 saturated heterocycles. The van der Waals surface area contributed by atoms with Crippen LogP contribution < -0.4 is 5.32 Å². The molecule has 3 aromatic rings. The number of rotatable bonds is 8. The average Bonchev–Trinajstić information content (AvgIpc) is 2.94. The Kier molecular flexibility index (Phi) is 10.4. The number of nitrogens with one attached hydrogen (secondary N) is 1. The Labute approximate surface area is 239 Å². The van der Waals surface area contributed by atoms with Gasteiger partial charge in [-0.25, -0.2) is 4.98 Å². The van der Waals surface area contributed by atoms with Gasteiger partial charge in [-0.1, -0.05) is 0 Å². The van der Waals surface area contributed by atoms with Crippen molar-refractivity contribution in [1.29, 1.82) is 0 Å². The quantitative estimate of drug-likeness (QED) is 0.461. The van der Waals surface area contributed by atoms with Crippen molar-refractivity contribution in [3.63, 3.8) is 0 Å². The second-order valence-electron chi connectivity index (χ2n) is 11.3. The largest absolute Gasteiger partial charge is 0.351 e. The van der Waals surface area contributed by atoms with Gasteiger partial charge in [0.15, 0.2) is 0 Å². The van der Waals surface area contributed by atoms with Gasteiger partial charge in [0, 0.05) is 76.8 Å². The van der Waals surface area contributed by atoms with E-state index in [-0.39, 0.29) is 5.91 Å². The van der Waals surface area contributed by atoms with E-state index < -0.39 is 0 Å². The van der Waals surface area contributed by atoms with Crippen molar-refractivity contribution in [2.24, 2.45) is 0 Å². The molecule has 1 aliphatic heterocycles. The van der Waals surface area contributed by atoms with E-state index in [0.29, 0.717) is 18.8 Å². The van der Waals surface area contributed by atoms with Crippen LogP contribution in [-0.4, -0.2) is 81.4 Å². The molecule has 8 nitrogen and oxygen atoms in total. The number of hydrogen-bond donors (Lipinski definition) is 1. The molecule has 40 heavy (non-hydrogen) atoms. The highest BCUT2D eigenvalue weighted by atomic mass is 16.1. The smallest absolute Gasteiger partial charge is 0.269 e. The van der Waals surface area contributed by atoms with E-state index in [1.54, 1.807) is 0 Å². The number of hydrogen-bond acceptors (Lipinski definition) is 7. The van der Waals surface area contributed by atoms with Crippen molar-refractivity contribution in [1.82, 2.24) is 35.0 Å². The molecule has 0 unspecified atom stereocenters. The van der Waals surface area contributed by atoms with Crippen molar-refractivity contribution >= 4 is 5.91 Å². The van der Waals surface area contributed by atoms with Gasteiger partial charge in [0.1, 0.15) is 5.69 Å². The third-order valence-corrected chi connectivity index (χ3v) is 7.25. The van der Waals surface area contributed by atoms with Crippen LogP contribution in [0.25, 0.3) is 0 Å². The standard InChI is InChI=1S/C32H45N7O/c1-7-33-32(40)31-19-25(4)18-30(36-31)22-39-12-10-37(20-28-16-23(2)14-26(5)34-28)8-9-38(11-13-39)21-29-17-24(3)15-27(6)35-29/h14-19H,7-13,20-22H2,1-6H3,(H,33,40). The van der Waals surface area contributed by atoms with Crippen LogP contribution in [0.2, 0.25) is 0 Å². The van der Waals surface area contributed by atoms with E-state index in [9.17, 15) is 4.79 Å². The fraction of sp³-hybridized carbons (Fsp3) is 0.500. The lowest BCUT2D eigenvalue weighted by Gasteiger charge is -2.25. The molecule has 0 spiro atoms. The van der Waals surface area contributed by atoms with Crippen molar-refractivity contribution in [2.45, 2.75) is 61.2 Å². The van der Waals surface area contributed by atoms with Crippen LogP contribution in [-0.2, 0) is 19.6 Å². The Hall–Kier alpha value is -3.20. The molecule has 0 aromatic carbocycles. The number of carbonyl (C=O) groups is 1. The molecule has 4 heterocycles. The molecular weight excluding hydrogens is 498 g/mol. The number of amides is 1. The van der Waals surface area contributed by atoms with Gasteiger partial charge in [-0.05, 0) is 94.6 Å². The number of carbonyl (C=O) groups excluding carboxylic acids is 1. The molecule has 214 valence electrons. The van der Waals surface area contributed by atoms with E-state index in [1.807, 2.05) is 19.9 Å². The molecule has 3 aromatic heterocycles. The van der Waals surface area contributed by atoms with E-state index in [1.165, 1.54) is 11.1 Å².